The summed E-state index contributed by atoms with van der Waals surface area (Å²) in [6, 6.07) is 12.0. The van der Waals surface area contributed by atoms with Crippen molar-refractivity contribution in [2.24, 2.45) is 7.05 Å². The van der Waals surface area contributed by atoms with Crippen LogP contribution in [-0.2, 0) is 7.05 Å². The van der Waals surface area contributed by atoms with E-state index in [1.165, 1.54) is 12.1 Å². The van der Waals surface area contributed by atoms with E-state index < -0.39 is 24.1 Å². The molecule has 5 nitrogen and oxygen atoms in total. The Labute approximate surface area is 153 Å². The van der Waals surface area contributed by atoms with E-state index in [-0.39, 0.29) is 12.1 Å². The van der Waals surface area contributed by atoms with Gasteiger partial charge in [0.1, 0.15) is 5.75 Å². The molecule has 1 amide bonds. The van der Waals surface area contributed by atoms with Gasteiger partial charge in [-0.1, -0.05) is 6.07 Å². The Morgan fingerprint density at radius 3 is 2.56 bits per heavy atom. The fraction of sp³-hybridized carbons (Fsp3) is 0.211. The van der Waals surface area contributed by atoms with Crippen LogP contribution in [0.4, 0.5) is 13.2 Å². The Morgan fingerprint density at radius 1 is 1.19 bits per heavy atom. The monoisotopic (exact) mass is 378 g/mol. The lowest BCUT2D eigenvalue weighted by molar-refractivity contribution is -0.274. The van der Waals surface area contributed by atoms with Crippen molar-refractivity contribution in [2.45, 2.75) is 12.5 Å². The van der Waals surface area contributed by atoms with E-state index in [0.717, 1.165) is 23.0 Å². The lowest BCUT2D eigenvalue weighted by Gasteiger charge is -2.13. The molecule has 2 aromatic carbocycles. The summed E-state index contributed by atoms with van der Waals surface area (Å²) in [7, 11) is 1.92. The van der Waals surface area contributed by atoms with E-state index in [1.807, 2.05) is 36.0 Å². The molecule has 0 saturated heterocycles. The highest BCUT2D eigenvalue weighted by Gasteiger charge is 2.31. The van der Waals surface area contributed by atoms with Gasteiger partial charge in [-0.2, -0.15) is 0 Å². The summed E-state index contributed by atoms with van der Waals surface area (Å²) in [6.45, 7) is -0.0298. The van der Waals surface area contributed by atoms with Gasteiger partial charge in [-0.15, -0.1) is 13.2 Å². The second-order valence-electron chi connectivity index (χ2n) is 6.04. The highest BCUT2D eigenvalue weighted by Crippen LogP contribution is 2.23. The van der Waals surface area contributed by atoms with E-state index in [2.05, 4.69) is 10.1 Å². The minimum absolute atomic E-state index is 0.0298. The first-order valence-corrected chi connectivity index (χ1v) is 8.10. The summed E-state index contributed by atoms with van der Waals surface area (Å²) in [5.41, 5.74) is 1.84. The molecular weight excluding hydrogens is 361 g/mol. The average molecular weight is 378 g/mol. The summed E-state index contributed by atoms with van der Waals surface area (Å²) in [5.74, 6) is -0.913. The van der Waals surface area contributed by atoms with Crippen LogP contribution >= 0.6 is 0 Å². The van der Waals surface area contributed by atoms with Crippen molar-refractivity contribution >= 4 is 16.8 Å². The highest BCUT2D eigenvalue weighted by molar-refractivity contribution is 5.94. The number of alkyl halides is 3. The molecule has 1 atom stereocenters. The highest BCUT2D eigenvalue weighted by atomic mass is 19.4. The minimum atomic E-state index is -4.78. The molecule has 3 rings (SSSR count). The smallest absolute Gasteiger partial charge is 0.406 e. The molecule has 1 unspecified atom stereocenters. The summed E-state index contributed by atoms with van der Waals surface area (Å²) in [5, 5.41) is 13.8. The Bertz CT molecular complexity index is 949. The van der Waals surface area contributed by atoms with Crippen molar-refractivity contribution < 1.29 is 27.8 Å². The number of nitrogens with one attached hydrogen (secondary N) is 1. The lowest BCUT2D eigenvalue weighted by Crippen LogP contribution is -2.28. The number of ether oxygens (including phenoxy) is 1. The maximum absolute atomic E-state index is 12.1. The first-order valence-electron chi connectivity index (χ1n) is 8.10. The topological polar surface area (TPSA) is 63.5 Å². The van der Waals surface area contributed by atoms with Crippen molar-refractivity contribution in [1.82, 2.24) is 9.88 Å². The van der Waals surface area contributed by atoms with Crippen molar-refractivity contribution in [1.29, 1.82) is 0 Å². The molecule has 0 aliphatic rings. The van der Waals surface area contributed by atoms with Gasteiger partial charge in [-0.05, 0) is 53.4 Å². The molecule has 0 aliphatic carbocycles. The molecule has 1 aromatic heterocycles. The number of aliphatic hydroxyl groups is 1. The van der Waals surface area contributed by atoms with Gasteiger partial charge < -0.3 is 19.7 Å². The van der Waals surface area contributed by atoms with Crippen LogP contribution in [0.3, 0.4) is 0 Å². The van der Waals surface area contributed by atoms with Gasteiger partial charge in [0, 0.05) is 30.9 Å². The number of aliphatic hydroxyl groups excluding tert-OH is 1. The summed E-state index contributed by atoms with van der Waals surface area (Å²) in [4.78, 5) is 12.1. The molecular formula is C19H17F3N2O3. The van der Waals surface area contributed by atoms with Gasteiger partial charge in [-0.3, -0.25) is 4.79 Å². The van der Waals surface area contributed by atoms with E-state index >= 15 is 0 Å². The quantitative estimate of drug-likeness (QED) is 0.714. The number of fused-ring (bicyclic) bond motifs is 1. The molecule has 0 radical (unpaired) electrons. The maximum Gasteiger partial charge on any atom is 0.573 e. The van der Waals surface area contributed by atoms with Crippen LogP contribution in [0.15, 0.2) is 54.7 Å². The van der Waals surface area contributed by atoms with Crippen molar-refractivity contribution in [3.05, 3.63) is 65.9 Å². The predicted octanol–water partition coefficient (Wildman–Crippen LogP) is 3.54. The van der Waals surface area contributed by atoms with Crippen LogP contribution in [0.2, 0.25) is 0 Å². The number of aromatic nitrogens is 1. The Balaban J connectivity index is 1.60. The Hall–Kier alpha value is -3.00. The van der Waals surface area contributed by atoms with Crippen LogP contribution in [0.1, 0.15) is 22.0 Å². The molecule has 0 saturated carbocycles. The third kappa shape index (κ3) is 4.59. The lowest BCUT2D eigenvalue weighted by atomic mass is 10.1. The number of aryl methyl sites for hydroxylation is 1. The van der Waals surface area contributed by atoms with Gasteiger partial charge >= 0.3 is 6.36 Å². The number of carbonyl (C=O) groups excluding carboxylic acids is 1. The summed E-state index contributed by atoms with van der Waals surface area (Å²) >= 11 is 0. The van der Waals surface area contributed by atoms with Crippen molar-refractivity contribution in [3.63, 3.8) is 0 Å². The summed E-state index contributed by atoms with van der Waals surface area (Å²) in [6.07, 6.45) is -3.78. The zero-order valence-corrected chi connectivity index (χ0v) is 14.3. The number of benzene rings is 2. The van der Waals surface area contributed by atoms with Gasteiger partial charge in [0.15, 0.2) is 0 Å². The number of hydrogen-bond donors (Lipinski definition) is 2. The molecule has 1 heterocycles. The predicted molar refractivity (Wildman–Crippen MR) is 93.3 cm³/mol. The molecule has 0 aliphatic heterocycles. The van der Waals surface area contributed by atoms with E-state index in [4.69, 9.17) is 0 Å². The normalized spacial score (nSPS) is 12.8. The maximum atomic E-state index is 12.1. The molecule has 27 heavy (non-hydrogen) atoms. The van der Waals surface area contributed by atoms with Gasteiger partial charge in [0.05, 0.1) is 6.10 Å². The zero-order valence-electron chi connectivity index (χ0n) is 14.3. The number of hydrogen-bond acceptors (Lipinski definition) is 3. The molecule has 0 fully saturated rings. The fourth-order valence-electron chi connectivity index (χ4n) is 2.72. The zero-order chi connectivity index (χ0) is 19.6. The van der Waals surface area contributed by atoms with Crippen LogP contribution in [0, 0.1) is 0 Å². The number of carbonyl (C=O) groups is 1. The van der Waals surface area contributed by atoms with E-state index in [9.17, 15) is 23.1 Å². The molecule has 0 spiro atoms. The van der Waals surface area contributed by atoms with E-state index in [1.54, 1.807) is 6.07 Å². The SMILES string of the molecule is Cn1ccc2cc(C(O)CNC(=O)c3ccc(OC(F)(F)F)cc3)ccc21. The Morgan fingerprint density at radius 2 is 1.89 bits per heavy atom. The first kappa shape index (κ1) is 18.8. The van der Waals surface area contributed by atoms with Crippen molar-refractivity contribution in [3.8, 4) is 5.75 Å². The number of halogens is 3. The van der Waals surface area contributed by atoms with Gasteiger partial charge in [0.25, 0.3) is 5.91 Å². The van der Waals surface area contributed by atoms with Gasteiger partial charge in [-0.25, -0.2) is 0 Å². The fourth-order valence-corrected chi connectivity index (χ4v) is 2.72. The van der Waals surface area contributed by atoms with Gasteiger partial charge in [0.2, 0.25) is 0 Å². The van der Waals surface area contributed by atoms with Crippen LogP contribution < -0.4 is 10.1 Å². The minimum Gasteiger partial charge on any atom is -0.406 e. The largest absolute Gasteiger partial charge is 0.573 e. The average Bonchev–Trinajstić information content (AvgIpc) is 2.99. The first-order chi connectivity index (χ1) is 12.7. The molecule has 8 heteroatoms. The third-order valence-corrected chi connectivity index (χ3v) is 4.10. The number of rotatable bonds is 5. The standard InChI is InChI=1S/C19H17F3N2O3/c1-24-9-8-13-10-14(4-7-16(13)24)17(25)11-23-18(26)12-2-5-15(6-3-12)27-19(20,21)22/h2-10,17,25H,11H2,1H3,(H,23,26). The third-order valence-electron chi connectivity index (χ3n) is 4.10. The number of nitrogens with zero attached hydrogens (tertiary/aromatic N) is 1. The Kier molecular flexibility index (Phi) is 5.09. The second-order valence-corrected chi connectivity index (χ2v) is 6.04. The van der Waals surface area contributed by atoms with Crippen LogP contribution in [-0.4, -0.2) is 28.5 Å². The van der Waals surface area contributed by atoms with E-state index in [0.29, 0.717) is 5.56 Å². The summed E-state index contributed by atoms with van der Waals surface area (Å²) < 4.78 is 42.1. The van der Waals surface area contributed by atoms with Crippen molar-refractivity contribution in [2.75, 3.05) is 6.54 Å². The molecule has 2 N–H and O–H groups in total. The number of amides is 1. The molecule has 3 aromatic rings. The van der Waals surface area contributed by atoms with Crippen LogP contribution in [0.5, 0.6) is 5.75 Å². The molecule has 142 valence electrons. The second kappa shape index (κ2) is 7.32. The van der Waals surface area contributed by atoms with Crippen LogP contribution in [0.25, 0.3) is 10.9 Å². The molecule has 0 bridgehead atoms.